The number of hydrogen-bond acceptors (Lipinski definition) is 3. The van der Waals surface area contributed by atoms with Crippen molar-refractivity contribution in [2.45, 2.75) is 37.8 Å². The summed E-state index contributed by atoms with van der Waals surface area (Å²) >= 11 is 5.82. The molecule has 0 spiro atoms. The van der Waals surface area contributed by atoms with Gasteiger partial charge in [-0.25, -0.2) is 0 Å². The zero-order valence-electron chi connectivity index (χ0n) is 10.7. The molecule has 0 bridgehead atoms. The number of fused-ring (bicyclic) bond motifs is 1. The largest absolute Gasteiger partial charge is 0.367 e. The summed E-state index contributed by atoms with van der Waals surface area (Å²) < 4.78 is 0. The lowest BCUT2D eigenvalue weighted by Gasteiger charge is -2.23. The maximum atomic E-state index is 12.1. The predicted molar refractivity (Wildman–Crippen MR) is 76.2 cm³/mol. The summed E-state index contributed by atoms with van der Waals surface area (Å²) in [5, 5.41) is 7.46. The Balaban J connectivity index is 1.72. The van der Waals surface area contributed by atoms with Gasteiger partial charge in [-0.1, -0.05) is 24.4 Å². The molecule has 1 saturated carbocycles. The highest BCUT2D eigenvalue weighted by molar-refractivity contribution is 6.30. The van der Waals surface area contributed by atoms with Gasteiger partial charge in [0.15, 0.2) is 5.78 Å². The Morgan fingerprint density at radius 2 is 1.68 bits per heavy atom. The van der Waals surface area contributed by atoms with Crippen molar-refractivity contribution in [3.8, 4) is 0 Å². The number of nitrogens with one attached hydrogen (secondary N) is 2. The average Bonchev–Trinajstić information content (AvgIpc) is 2.81. The standard InChI is InChI=1S/C15H17ClN2O/c16-11-7-5-10(6-8-11)14(19)9-15-17-12-3-1-2-4-13(12)18-15/h5-9,12-13,17-18H,1-4H2/b15-9-/t12-,13+/m0/s1. The summed E-state index contributed by atoms with van der Waals surface area (Å²) in [6.07, 6.45) is 6.57. The highest BCUT2D eigenvalue weighted by Crippen LogP contribution is 2.24. The molecule has 2 fully saturated rings. The van der Waals surface area contributed by atoms with Crippen LogP contribution in [0.15, 0.2) is 36.2 Å². The van der Waals surface area contributed by atoms with Crippen molar-refractivity contribution in [1.29, 1.82) is 0 Å². The quantitative estimate of drug-likeness (QED) is 0.645. The Morgan fingerprint density at radius 3 is 2.26 bits per heavy atom. The number of hydrogen-bond donors (Lipinski definition) is 2. The van der Waals surface area contributed by atoms with E-state index in [-0.39, 0.29) is 5.78 Å². The average molecular weight is 277 g/mol. The molecule has 3 rings (SSSR count). The van der Waals surface area contributed by atoms with E-state index in [0.29, 0.717) is 22.7 Å². The van der Waals surface area contributed by atoms with Gasteiger partial charge in [0, 0.05) is 28.7 Å². The number of benzene rings is 1. The Hall–Kier alpha value is -1.48. The molecule has 0 aromatic heterocycles. The van der Waals surface area contributed by atoms with Gasteiger partial charge in [0.25, 0.3) is 0 Å². The minimum absolute atomic E-state index is 0.00492. The van der Waals surface area contributed by atoms with E-state index in [1.165, 1.54) is 25.7 Å². The fraction of sp³-hybridized carbons (Fsp3) is 0.400. The highest BCUT2D eigenvalue weighted by atomic mass is 35.5. The Morgan fingerprint density at radius 1 is 1.11 bits per heavy atom. The normalized spacial score (nSPS) is 27.5. The molecule has 1 aromatic carbocycles. The Kier molecular flexibility index (Phi) is 3.47. The van der Waals surface area contributed by atoms with Crippen LogP contribution < -0.4 is 10.6 Å². The molecule has 0 radical (unpaired) electrons. The lowest BCUT2D eigenvalue weighted by Crippen LogP contribution is -2.36. The molecule has 2 atom stereocenters. The number of halogens is 1. The van der Waals surface area contributed by atoms with Gasteiger partial charge in [-0.3, -0.25) is 4.79 Å². The Labute approximate surface area is 118 Å². The summed E-state index contributed by atoms with van der Waals surface area (Å²) in [4.78, 5) is 12.1. The molecule has 3 nitrogen and oxygen atoms in total. The summed E-state index contributed by atoms with van der Waals surface area (Å²) in [6.45, 7) is 0. The molecule has 100 valence electrons. The molecule has 0 unspecified atom stereocenters. The van der Waals surface area contributed by atoms with E-state index in [0.717, 1.165) is 5.82 Å². The van der Waals surface area contributed by atoms with Gasteiger partial charge in [0.2, 0.25) is 0 Å². The Bertz CT molecular complexity index is 493. The van der Waals surface area contributed by atoms with Crippen molar-refractivity contribution in [2.24, 2.45) is 0 Å². The molecule has 2 N–H and O–H groups in total. The topological polar surface area (TPSA) is 41.1 Å². The van der Waals surface area contributed by atoms with E-state index < -0.39 is 0 Å². The third kappa shape index (κ3) is 2.76. The zero-order valence-corrected chi connectivity index (χ0v) is 11.4. The van der Waals surface area contributed by atoms with Crippen LogP contribution in [0.2, 0.25) is 5.02 Å². The molecule has 1 saturated heterocycles. The number of allylic oxidation sites excluding steroid dienone is 1. The van der Waals surface area contributed by atoms with Crippen molar-refractivity contribution in [2.75, 3.05) is 0 Å². The van der Waals surface area contributed by atoms with E-state index in [1.807, 2.05) is 0 Å². The van der Waals surface area contributed by atoms with Crippen LogP contribution in [-0.4, -0.2) is 17.9 Å². The summed E-state index contributed by atoms with van der Waals surface area (Å²) in [6, 6.07) is 7.95. The first-order valence-electron chi connectivity index (χ1n) is 6.77. The van der Waals surface area contributed by atoms with Crippen molar-refractivity contribution in [3.05, 3.63) is 46.7 Å². The predicted octanol–water partition coefficient (Wildman–Crippen LogP) is 2.87. The van der Waals surface area contributed by atoms with E-state index in [2.05, 4.69) is 10.6 Å². The molecule has 1 aliphatic heterocycles. The molecule has 4 heteroatoms. The van der Waals surface area contributed by atoms with Gasteiger partial charge in [-0.15, -0.1) is 0 Å². The fourth-order valence-corrected chi connectivity index (χ4v) is 2.96. The number of rotatable bonds is 2. The minimum Gasteiger partial charge on any atom is -0.367 e. The van der Waals surface area contributed by atoms with Gasteiger partial charge >= 0.3 is 0 Å². The third-order valence-electron chi connectivity index (χ3n) is 3.85. The number of carbonyl (C=O) groups is 1. The van der Waals surface area contributed by atoms with Gasteiger partial charge < -0.3 is 10.6 Å². The van der Waals surface area contributed by atoms with E-state index in [1.54, 1.807) is 30.3 Å². The van der Waals surface area contributed by atoms with Crippen LogP contribution in [0.25, 0.3) is 0 Å². The van der Waals surface area contributed by atoms with E-state index >= 15 is 0 Å². The molecule has 1 aliphatic carbocycles. The van der Waals surface area contributed by atoms with Crippen LogP contribution in [0, 0.1) is 0 Å². The molecule has 2 aliphatic rings. The van der Waals surface area contributed by atoms with Gasteiger partial charge in [-0.05, 0) is 37.1 Å². The maximum absolute atomic E-state index is 12.1. The lowest BCUT2D eigenvalue weighted by molar-refractivity contribution is 0.104. The van der Waals surface area contributed by atoms with Crippen LogP contribution >= 0.6 is 11.6 Å². The van der Waals surface area contributed by atoms with Gasteiger partial charge in [0.05, 0.1) is 0 Å². The lowest BCUT2D eigenvalue weighted by atomic mass is 9.92. The van der Waals surface area contributed by atoms with Crippen molar-refractivity contribution < 1.29 is 4.79 Å². The number of carbonyl (C=O) groups excluding carboxylic acids is 1. The maximum Gasteiger partial charge on any atom is 0.189 e. The van der Waals surface area contributed by atoms with Crippen molar-refractivity contribution in [1.82, 2.24) is 10.6 Å². The third-order valence-corrected chi connectivity index (χ3v) is 4.10. The monoisotopic (exact) mass is 276 g/mol. The second-order valence-corrected chi connectivity index (χ2v) is 5.65. The van der Waals surface area contributed by atoms with Gasteiger partial charge in [-0.2, -0.15) is 0 Å². The van der Waals surface area contributed by atoms with Crippen LogP contribution in [0.3, 0.4) is 0 Å². The van der Waals surface area contributed by atoms with Crippen LogP contribution in [0.4, 0.5) is 0 Å². The smallest absolute Gasteiger partial charge is 0.189 e. The minimum atomic E-state index is 0.00492. The van der Waals surface area contributed by atoms with E-state index in [9.17, 15) is 4.79 Å². The first-order valence-corrected chi connectivity index (χ1v) is 7.15. The van der Waals surface area contributed by atoms with Crippen LogP contribution in [0.5, 0.6) is 0 Å². The summed E-state index contributed by atoms with van der Waals surface area (Å²) in [5.41, 5.74) is 0.662. The number of ketones is 1. The highest BCUT2D eigenvalue weighted by Gasteiger charge is 2.31. The second kappa shape index (κ2) is 5.25. The molecule has 0 amide bonds. The van der Waals surface area contributed by atoms with Crippen LogP contribution in [0.1, 0.15) is 36.0 Å². The van der Waals surface area contributed by atoms with Crippen molar-refractivity contribution in [3.63, 3.8) is 0 Å². The molecule has 1 heterocycles. The summed E-state index contributed by atoms with van der Waals surface area (Å²) in [5.74, 6) is 0.863. The van der Waals surface area contributed by atoms with Crippen molar-refractivity contribution >= 4 is 17.4 Å². The first-order chi connectivity index (χ1) is 9.22. The molecular weight excluding hydrogens is 260 g/mol. The zero-order chi connectivity index (χ0) is 13.2. The van der Waals surface area contributed by atoms with E-state index in [4.69, 9.17) is 11.6 Å². The van der Waals surface area contributed by atoms with Crippen LogP contribution in [-0.2, 0) is 0 Å². The molecular formula is C15H17ClN2O. The molecule has 1 aromatic rings. The SMILES string of the molecule is O=C(/C=C1/N[C@H]2CCCC[C@H]2N1)c1ccc(Cl)cc1. The molecule has 19 heavy (non-hydrogen) atoms. The second-order valence-electron chi connectivity index (χ2n) is 5.22. The summed E-state index contributed by atoms with van der Waals surface area (Å²) in [7, 11) is 0. The fourth-order valence-electron chi connectivity index (χ4n) is 2.83. The van der Waals surface area contributed by atoms with Gasteiger partial charge in [0.1, 0.15) is 5.82 Å². The first kappa shape index (κ1) is 12.5.